The van der Waals surface area contributed by atoms with Crippen LogP contribution in [-0.4, -0.2) is 26.0 Å². The van der Waals surface area contributed by atoms with Crippen LogP contribution in [0.4, 0.5) is 0 Å². The summed E-state index contributed by atoms with van der Waals surface area (Å²) in [5.74, 6) is 0.833. The molecule has 0 radical (unpaired) electrons. The zero-order chi connectivity index (χ0) is 16.0. The van der Waals surface area contributed by atoms with Crippen LogP contribution < -0.4 is 15.3 Å². The number of quaternary nitrogens is 1. The van der Waals surface area contributed by atoms with Crippen LogP contribution in [-0.2, 0) is 11.3 Å². The van der Waals surface area contributed by atoms with E-state index in [9.17, 15) is 4.79 Å². The Balaban J connectivity index is 1.72. The van der Waals surface area contributed by atoms with E-state index in [0.717, 1.165) is 54.8 Å². The Morgan fingerprint density at radius 1 is 1.26 bits per heavy atom. The van der Waals surface area contributed by atoms with Gasteiger partial charge in [0.05, 0.1) is 5.56 Å². The maximum Gasteiger partial charge on any atom is 0.339 e. The highest BCUT2D eigenvalue weighted by Crippen LogP contribution is 2.30. The van der Waals surface area contributed by atoms with Gasteiger partial charge >= 0.3 is 5.63 Å². The van der Waals surface area contributed by atoms with Crippen LogP contribution in [0.5, 0.6) is 5.75 Å². The maximum absolute atomic E-state index is 12.1. The monoisotopic (exact) mass is 316 g/mol. The van der Waals surface area contributed by atoms with E-state index < -0.39 is 0 Å². The van der Waals surface area contributed by atoms with Crippen LogP contribution in [0, 0.1) is 13.8 Å². The predicted octanol–water partition coefficient (Wildman–Crippen LogP) is 1.32. The smallest absolute Gasteiger partial charge is 0.339 e. The lowest BCUT2D eigenvalue weighted by Crippen LogP contribution is -3.13. The zero-order valence-electron chi connectivity index (χ0n) is 13.6. The third-order valence-electron chi connectivity index (χ3n) is 5.08. The van der Waals surface area contributed by atoms with E-state index in [2.05, 4.69) is 0 Å². The van der Waals surface area contributed by atoms with Crippen LogP contribution in [0.1, 0.15) is 29.5 Å². The van der Waals surface area contributed by atoms with Crippen molar-refractivity contribution in [2.75, 3.05) is 19.9 Å². The van der Waals surface area contributed by atoms with Gasteiger partial charge in [0.15, 0.2) is 5.58 Å². The van der Waals surface area contributed by atoms with Crippen molar-refractivity contribution in [2.45, 2.75) is 39.3 Å². The maximum atomic E-state index is 12.1. The predicted molar refractivity (Wildman–Crippen MR) is 86.0 cm³/mol. The first-order valence-electron chi connectivity index (χ1n) is 8.27. The Kier molecular flexibility index (Phi) is 3.62. The highest BCUT2D eigenvalue weighted by molar-refractivity contribution is 5.85. The molecule has 23 heavy (non-hydrogen) atoms. The third-order valence-corrected chi connectivity index (χ3v) is 5.08. The number of hydrogen-bond donors (Lipinski definition) is 1. The van der Waals surface area contributed by atoms with Gasteiger partial charge in [-0.1, -0.05) is 0 Å². The molecule has 1 unspecified atom stereocenters. The Labute approximate surface area is 134 Å². The van der Waals surface area contributed by atoms with Crippen molar-refractivity contribution in [3.05, 3.63) is 39.2 Å². The Hall–Kier alpha value is -1.85. The van der Waals surface area contributed by atoms with Crippen molar-refractivity contribution in [3.8, 4) is 5.75 Å². The van der Waals surface area contributed by atoms with E-state index in [1.54, 1.807) is 0 Å². The summed E-state index contributed by atoms with van der Waals surface area (Å²) in [5, 5.41) is 1.00. The van der Waals surface area contributed by atoms with Gasteiger partial charge in [0.1, 0.15) is 24.9 Å². The van der Waals surface area contributed by atoms with E-state index in [0.29, 0.717) is 24.0 Å². The van der Waals surface area contributed by atoms with E-state index in [4.69, 9.17) is 13.9 Å². The van der Waals surface area contributed by atoms with Gasteiger partial charge in [-0.2, -0.15) is 0 Å². The summed E-state index contributed by atoms with van der Waals surface area (Å²) < 4.78 is 17.3. The first-order valence-corrected chi connectivity index (χ1v) is 8.27. The average Bonchev–Trinajstić information content (AvgIpc) is 3.05. The van der Waals surface area contributed by atoms with Gasteiger partial charge in [-0.3, -0.25) is 4.90 Å². The summed E-state index contributed by atoms with van der Waals surface area (Å²) in [7, 11) is 0. The van der Waals surface area contributed by atoms with E-state index in [1.807, 2.05) is 26.0 Å². The molecule has 1 N–H and O–H groups in total. The summed E-state index contributed by atoms with van der Waals surface area (Å²) >= 11 is 0. The number of rotatable bonds is 2. The molecule has 1 saturated heterocycles. The molecule has 0 saturated carbocycles. The lowest BCUT2D eigenvalue weighted by molar-refractivity contribution is -0.935. The van der Waals surface area contributed by atoms with E-state index in [1.165, 1.54) is 4.90 Å². The van der Waals surface area contributed by atoms with Crippen LogP contribution >= 0.6 is 0 Å². The third kappa shape index (κ3) is 2.54. The summed E-state index contributed by atoms with van der Waals surface area (Å²) in [6.45, 7) is 7.02. The summed E-state index contributed by atoms with van der Waals surface area (Å²) in [4.78, 5) is 13.4. The highest BCUT2D eigenvalue weighted by atomic mass is 16.5. The van der Waals surface area contributed by atoms with Gasteiger partial charge < -0.3 is 13.9 Å². The molecule has 3 heterocycles. The van der Waals surface area contributed by atoms with Crippen molar-refractivity contribution >= 4 is 11.0 Å². The molecule has 1 aromatic heterocycles. The second-order valence-corrected chi connectivity index (χ2v) is 6.61. The Morgan fingerprint density at radius 2 is 2.13 bits per heavy atom. The molecular weight excluding hydrogens is 294 g/mol. The molecule has 2 aliphatic rings. The number of ether oxygens (including phenoxy) is 2. The molecule has 5 heteroatoms. The second kappa shape index (κ2) is 5.65. The molecule has 5 nitrogen and oxygen atoms in total. The van der Waals surface area contributed by atoms with Crippen molar-refractivity contribution < 1.29 is 18.8 Å². The normalized spacial score (nSPS) is 23.7. The fourth-order valence-electron chi connectivity index (χ4n) is 3.59. The Morgan fingerprint density at radius 3 is 2.91 bits per heavy atom. The highest BCUT2D eigenvalue weighted by Gasteiger charge is 2.28. The van der Waals surface area contributed by atoms with Gasteiger partial charge in [-0.05, 0) is 44.4 Å². The molecule has 4 rings (SSSR count). The van der Waals surface area contributed by atoms with Crippen molar-refractivity contribution in [2.24, 2.45) is 0 Å². The largest absolute Gasteiger partial charge is 0.445 e. The number of hydrogen-bond acceptors (Lipinski definition) is 4. The molecule has 2 aliphatic heterocycles. The zero-order valence-corrected chi connectivity index (χ0v) is 13.6. The topological polar surface area (TPSA) is 53.1 Å². The molecule has 2 atom stereocenters. The minimum Gasteiger partial charge on any atom is -0.445 e. The number of benzene rings is 1. The van der Waals surface area contributed by atoms with Crippen LogP contribution in [0.15, 0.2) is 21.3 Å². The fraction of sp³-hybridized carbons (Fsp3) is 0.500. The van der Waals surface area contributed by atoms with Gasteiger partial charge in [-0.25, -0.2) is 4.79 Å². The van der Waals surface area contributed by atoms with E-state index >= 15 is 0 Å². The molecule has 2 aromatic rings. The molecular formula is C18H22NO4+. The lowest BCUT2D eigenvalue weighted by atomic mass is 10.0. The van der Waals surface area contributed by atoms with Crippen LogP contribution in [0.25, 0.3) is 11.0 Å². The SMILES string of the molecule is Cc1c(C)c2ccc3c(c2oc1=O)C[NH+](C[C@H]1CCCO1)CO3. The second-order valence-electron chi connectivity index (χ2n) is 6.61. The van der Waals surface area contributed by atoms with E-state index in [-0.39, 0.29) is 5.63 Å². The minimum absolute atomic E-state index is 0.255. The summed E-state index contributed by atoms with van der Waals surface area (Å²) in [5.41, 5.74) is 3.10. The number of aryl methyl sites for hydroxylation is 1. The van der Waals surface area contributed by atoms with Crippen LogP contribution in [0.3, 0.4) is 0 Å². The first kappa shape index (κ1) is 14.7. The van der Waals surface area contributed by atoms with Gasteiger partial charge in [0.25, 0.3) is 0 Å². The Bertz CT molecular complexity index is 805. The van der Waals surface area contributed by atoms with Crippen LogP contribution in [0.2, 0.25) is 0 Å². The number of nitrogens with one attached hydrogen (secondary N) is 1. The molecule has 0 bridgehead atoms. The molecule has 1 fully saturated rings. The molecule has 0 amide bonds. The summed E-state index contributed by atoms with van der Waals surface area (Å²) in [6.07, 6.45) is 2.59. The minimum atomic E-state index is -0.255. The molecule has 122 valence electrons. The molecule has 0 aliphatic carbocycles. The standard InChI is InChI=1S/C18H21NO4/c1-11-12(2)18(20)23-17-14(11)5-6-16-15(17)9-19(10-22-16)8-13-4-3-7-21-13/h5-6,13H,3-4,7-10H2,1-2H3/p+1/t13-/m1/s1. The lowest BCUT2D eigenvalue weighted by Gasteiger charge is -2.28. The average molecular weight is 316 g/mol. The quantitative estimate of drug-likeness (QED) is 0.849. The molecule has 0 spiro atoms. The summed E-state index contributed by atoms with van der Waals surface area (Å²) in [6, 6.07) is 3.98. The number of fused-ring (bicyclic) bond motifs is 3. The fourth-order valence-corrected chi connectivity index (χ4v) is 3.59. The van der Waals surface area contributed by atoms with Crippen molar-refractivity contribution in [1.82, 2.24) is 0 Å². The van der Waals surface area contributed by atoms with Gasteiger partial charge in [0, 0.05) is 17.6 Å². The van der Waals surface area contributed by atoms with Crippen molar-refractivity contribution in [3.63, 3.8) is 0 Å². The first-order chi connectivity index (χ1) is 11.1. The van der Waals surface area contributed by atoms with Gasteiger partial charge in [0.2, 0.25) is 6.73 Å². The van der Waals surface area contributed by atoms with Crippen molar-refractivity contribution in [1.29, 1.82) is 0 Å². The van der Waals surface area contributed by atoms with Gasteiger partial charge in [-0.15, -0.1) is 0 Å². The molecule has 1 aromatic carbocycles.